The summed E-state index contributed by atoms with van der Waals surface area (Å²) >= 11 is 0. The van der Waals surface area contributed by atoms with Gasteiger partial charge in [-0.3, -0.25) is 9.48 Å². The van der Waals surface area contributed by atoms with Crippen molar-refractivity contribution >= 4 is 5.91 Å². The third kappa shape index (κ3) is 3.10. The first-order valence-corrected chi connectivity index (χ1v) is 8.21. The Labute approximate surface area is 125 Å². The highest BCUT2D eigenvalue weighted by Gasteiger charge is 2.36. The first-order valence-electron chi connectivity index (χ1n) is 8.21. The fraction of sp³-hybridized carbons (Fsp3) is 0.800. The molecule has 2 N–H and O–H groups in total. The first kappa shape index (κ1) is 14.5. The zero-order valence-corrected chi connectivity index (χ0v) is 12.6. The molecule has 0 radical (unpaired) electrons. The number of nitrogens with zero attached hydrogens (tertiary/aromatic N) is 4. The van der Waals surface area contributed by atoms with E-state index in [0.717, 1.165) is 19.4 Å². The molecule has 6 heteroatoms. The lowest BCUT2D eigenvalue weighted by Crippen LogP contribution is -2.41. The van der Waals surface area contributed by atoms with Crippen LogP contribution in [0.25, 0.3) is 0 Å². The van der Waals surface area contributed by atoms with E-state index in [4.69, 9.17) is 5.73 Å². The van der Waals surface area contributed by atoms with Gasteiger partial charge in [-0.25, -0.2) is 0 Å². The number of amides is 1. The Balaban J connectivity index is 1.69. The van der Waals surface area contributed by atoms with Crippen LogP contribution < -0.4 is 5.73 Å². The predicted octanol–water partition coefficient (Wildman–Crippen LogP) is 1.42. The van der Waals surface area contributed by atoms with E-state index < -0.39 is 0 Å². The van der Waals surface area contributed by atoms with Crippen LogP contribution in [0, 0.1) is 5.92 Å². The smallest absolute Gasteiger partial charge is 0.276 e. The number of hydrogen-bond acceptors (Lipinski definition) is 4. The third-order valence-corrected chi connectivity index (χ3v) is 4.87. The van der Waals surface area contributed by atoms with Crippen LogP contribution >= 0.6 is 0 Å². The second kappa shape index (κ2) is 6.56. The van der Waals surface area contributed by atoms with E-state index in [-0.39, 0.29) is 5.91 Å². The van der Waals surface area contributed by atoms with E-state index in [1.807, 2.05) is 4.90 Å². The highest BCUT2D eigenvalue weighted by atomic mass is 16.2. The van der Waals surface area contributed by atoms with Crippen LogP contribution in [-0.4, -0.2) is 44.9 Å². The molecule has 1 aliphatic heterocycles. The largest absolute Gasteiger partial charge is 0.334 e. The highest BCUT2D eigenvalue weighted by molar-refractivity contribution is 5.92. The van der Waals surface area contributed by atoms with Gasteiger partial charge in [0, 0.05) is 19.1 Å². The number of carbonyl (C=O) groups is 1. The maximum absolute atomic E-state index is 12.7. The van der Waals surface area contributed by atoms with Crippen molar-refractivity contribution in [3.05, 3.63) is 11.9 Å². The molecule has 1 unspecified atom stereocenters. The summed E-state index contributed by atoms with van der Waals surface area (Å²) < 4.78 is 1.65. The standard InChI is InChI=1S/C15H25N5O/c16-8-10-19-11-13(17-18-19)15(21)20-9-4-7-14(20)12-5-2-1-3-6-12/h11-12,14H,1-10,16H2. The van der Waals surface area contributed by atoms with E-state index in [2.05, 4.69) is 10.3 Å². The summed E-state index contributed by atoms with van der Waals surface area (Å²) in [5.41, 5.74) is 5.97. The van der Waals surface area contributed by atoms with Gasteiger partial charge in [-0.15, -0.1) is 5.10 Å². The molecule has 6 nitrogen and oxygen atoms in total. The number of rotatable bonds is 4. The molecule has 116 valence electrons. The zero-order chi connectivity index (χ0) is 14.7. The lowest BCUT2D eigenvalue weighted by atomic mass is 9.83. The molecule has 1 aromatic heterocycles. The van der Waals surface area contributed by atoms with Gasteiger partial charge in [-0.05, 0) is 31.6 Å². The van der Waals surface area contributed by atoms with Gasteiger partial charge < -0.3 is 10.6 Å². The quantitative estimate of drug-likeness (QED) is 0.910. The molecular formula is C15H25N5O. The van der Waals surface area contributed by atoms with Crippen molar-refractivity contribution in [2.24, 2.45) is 11.7 Å². The number of nitrogens with two attached hydrogens (primary N) is 1. The van der Waals surface area contributed by atoms with E-state index in [9.17, 15) is 4.79 Å². The lowest BCUT2D eigenvalue weighted by Gasteiger charge is -2.33. The first-order chi connectivity index (χ1) is 10.3. The Bertz CT molecular complexity index is 480. The van der Waals surface area contributed by atoms with Crippen LogP contribution in [0.2, 0.25) is 0 Å². The van der Waals surface area contributed by atoms with Gasteiger partial charge in [0.25, 0.3) is 5.91 Å². The molecule has 1 atom stereocenters. The molecule has 1 aliphatic carbocycles. The molecule has 1 saturated heterocycles. The van der Waals surface area contributed by atoms with Crippen LogP contribution in [-0.2, 0) is 6.54 Å². The van der Waals surface area contributed by atoms with Gasteiger partial charge in [0.2, 0.25) is 0 Å². The second-order valence-electron chi connectivity index (χ2n) is 6.26. The molecule has 1 aromatic rings. The summed E-state index contributed by atoms with van der Waals surface area (Å²) in [6.07, 6.45) is 10.5. The molecule has 21 heavy (non-hydrogen) atoms. The van der Waals surface area contributed by atoms with E-state index >= 15 is 0 Å². The summed E-state index contributed by atoms with van der Waals surface area (Å²) in [5.74, 6) is 0.732. The Kier molecular flexibility index (Phi) is 4.53. The number of likely N-dealkylation sites (tertiary alicyclic amines) is 1. The van der Waals surface area contributed by atoms with Crippen LogP contribution in [0.5, 0.6) is 0 Å². The molecular weight excluding hydrogens is 266 g/mol. The monoisotopic (exact) mass is 291 g/mol. The Hall–Kier alpha value is -1.43. The molecule has 0 aromatic carbocycles. The molecule has 2 heterocycles. The Morgan fingerprint density at radius 1 is 1.24 bits per heavy atom. The molecule has 1 saturated carbocycles. The summed E-state index contributed by atoms with van der Waals surface area (Å²) in [6, 6.07) is 0.414. The van der Waals surface area contributed by atoms with Crippen LogP contribution in [0.3, 0.4) is 0 Å². The van der Waals surface area contributed by atoms with Crippen LogP contribution in [0.15, 0.2) is 6.20 Å². The van der Waals surface area contributed by atoms with Crippen LogP contribution in [0.4, 0.5) is 0 Å². The minimum absolute atomic E-state index is 0.0475. The maximum atomic E-state index is 12.7. The molecule has 2 fully saturated rings. The molecule has 1 amide bonds. The molecule has 0 spiro atoms. The number of hydrogen-bond donors (Lipinski definition) is 1. The van der Waals surface area contributed by atoms with Gasteiger partial charge in [-0.1, -0.05) is 24.5 Å². The number of aromatic nitrogens is 3. The van der Waals surface area contributed by atoms with Gasteiger partial charge in [-0.2, -0.15) is 0 Å². The van der Waals surface area contributed by atoms with Gasteiger partial charge in [0.05, 0.1) is 12.7 Å². The van der Waals surface area contributed by atoms with Gasteiger partial charge in [0.15, 0.2) is 5.69 Å². The minimum atomic E-state index is 0.0475. The zero-order valence-electron chi connectivity index (χ0n) is 12.6. The van der Waals surface area contributed by atoms with E-state index in [1.165, 1.54) is 32.1 Å². The Morgan fingerprint density at radius 3 is 2.81 bits per heavy atom. The van der Waals surface area contributed by atoms with Crippen molar-refractivity contribution in [2.45, 2.75) is 57.5 Å². The topological polar surface area (TPSA) is 77.0 Å². The van der Waals surface area contributed by atoms with Crippen LogP contribution in [0.1, 0.15) is 55.4 Å². The van der Waals surface area contributed by atoms with Crippen molar-refractivity contribution in [1.82, 2.24) is 19.9 Å². The van der Waals surface area contributed by atoms with E-state index in [1.54, 1.807) is 10.9 Å². The molecule has 2 aliphatic rings. The number of carbonyl (C=O) groups excluding carboxylic acids is 1. The van der Waals surface area contributed by atoms with Crippen molar-refractivity contribution in [3.8, 4) is 0 Å². The Morgan fingerprint density at radius 2 is 2.05 bits per heavy atom. The summed E-state index contributed by atoms with van der Waals surface area (Å²) in [7, 11) is 0. The average molecular weight is 291 g/mol. The van der Waals surface area contributed by atoms with Crippen molar-refractivity contribution in [2.75, 3.05) is 13.1 Å². The summed E-state index contributed by atoms with van der Waals surface area (Å²) in [6.45, 7) is 1.97. The highest BCUT2D eigenvalue weighted by Crippen LogP contribution is 2.34. The normalized spacial score (nSPS) is 23.7. The van der Waals surface area contributed by atoms with Gasteiger partial charge in [0.1, 0.15) is 0 Å². The molecule has 0 bridgehead atoms. The van der Waals surface area contributed by atoms with E-state index in [0.29, 0.717) is 30.7 Å². The third-order valence-electron chi connectivity index (χ3n) is 4.87. The fourth-order valence-corrected chi connectivity index (χ4v) is 3.84. The van der Waals surface area contributed by atoms with Gasteiger partial charge >= 0.3 is 0 Å². The van der Waals surface area contributed by atoms with Crippen molar-refractivity contribution < 1.29 is 4.79 Å². The summed E-state index contributed by atoms with van der Waals surface area (Å²) in [4.78, 5) is 14.7. The fourth-order valence-electron chi connectivity index (χ4n) is 3.84. The predicted molar refractivity (Wildman–Crippen MR) is 79.7 cm³/mol. The average Bonchev–Trinajstić information content (AvgIpc) is 3.17. The second-order valence-corrected chi connectivity index (χ2v) is 6.26. The summed E-state index contributed by atoms with van der Waals surface area (Å²) in [5, 5.41) is 8.00. The lowest BCUT2D eigenvalue weighted by molar-refractivity contribution is 0.0655. The molecule has 3 rings (SSSR count). The van der Waals surface area contributed by atoms with Crippen molar-refractivity contribution in [3.63, 3.8) is 0 Å². The maximum Gasteiger partial charge on any atom is 0.276 e. The SMILES string of the molecule is NCCn1cc(C(=O)N2CCCC2C2CCCCC2)nn1. The van der Waals surface area contributed by atoms with Crippen molar-refractivity contribution in [1.29, 1.82) is 0 Å². The minimum Gasteiger partial charge on any atom is -0.334 e.